The molecule has 4 rings (SSSR count). The highest BCUT2D eigenvalue weighted by Gasteiger charge is 2.43. The Balaban J connectivity index is 1.51. The molecule has 28 heavy (non-hydrogen) atoms. The highest BCUT2D eigenvalue weighted by Crippen LogP contribution is 2.42. The number of aliphatic hydroxyl groups is 1. The van der Waals surface area contributed by atoms with Crippen LogP contribution >= 0.6 is 11.6 Å². The lowest BCUT2D eigenvalue weighted by Gasteiger charge is -2.31. The van der Waals surface area contributed by atoms with Gasteiger partial charge in [-0.3, -0.25) is 4.79 Å². The number of amides is 1. The van der Waals surface area contributed by atoms with Crippen LogP contribution in [-0.4, -0.2) is 24.4 Å². The first-order valence-corrected chi connectivity index (χ1v) is 9.95. The zero-order valence-electron chi connectivity index (χ0n) is 15.8. The summed E-state index contributed by atoms with van der Waals surface area (Å²) in [6, 6.07) is 12.9. The number of hydrogen-bond donors (Lipinski definition) is 2. The Kier molecular flexibility index (Phi) is 4.98. The van der Waals surface area contributed by atoms with Crippen molar-refractivity contribution in [3.8, 4) is 11.5 Å². The third kappa shape index (κ3) is 3.45. The van der Waals surface area contributed by atoms with Gasteiger partial charge in [0.15, 0.2) is 11.5 Å². The van der Waals surface area contributed by atoms with Gasteiger partial charge < -0.3 is 19.9 Å². The second-order valence-electron chi connectivity index (χ2n) is 7.82. The average Bonchev–Trinajstić information content (AvgIpc) is 3.36. The number of hydrogen-bond acceptors (Lipinski definition) is 4. The molecule has 2 aromatic carbocycles. The third-order valence-corrected chi connectivity index (χ3v) is 6.13. The molecular weight excluding hydrogens is 378 g/mol. The van der Waals surface area contributed by atoms with Crippen molar-refractivity contribution in [1.29, 1.82) is 0 Å². The number of rotatable bonds is 5. The van der Waals surface area contributed by atoms with Crippen LogP contribution in [0.3, 0.4) is 0 Å². The SMILES string of the molecule is C[C@@](O)(CNC(=O)C1(c2ccc(Cl)cc2)CCCC1)c1ccc2c(c1)OCO2. The van der Waals surface area contributed by atoms with E-state index in [-0.39, 0.29) is 19.2 Å². The minimum Gasteiger partial charge on any atom is -0.454 e. The molecule has 1 aliphatic carbocycles. The topological polar surface area (TPSA) is 67.8 Å². The number of ether oxygens (including phenoxy) is 2. The molecule has 0 radical (unpaired) electrons. The van der Waals surface area contributed by atoms with Gasteiger partial charge in [-0.25, -0.2) is 0 Å². The quantitative estimate of drug-likeness (QED) is 0.797. The van der Waals surface area contributed by atoms with Crippen molar-refractivity contribution in [2.45, 2.75) is 43.6 Å². The van der Waals surface area contributed by atoms with Gasteiger partial charge in [-0.05, 0) is 55.2 Å². The number of fused-ring (bicyclic) bond motifs is 1. The van der Waals surface area contributed by atoms with Crippen LogP contribution in [-0.2, 0) is 15.8 Å². The van der Waals surface area contributed by atoms with Gasteiger partial charge in [-0.2, -0.15) is 0 Å². The molecule has 2 N–H and O–H groups in total. The predicted molar refractivity (Wildman–Crippen MR) is 107 cm³/mol. The maximum Gasteiger partial charge on any atom is 0.231 e. The molecule has 1 aliphatic heterocycles. The Morgan fingerprint density at radius 1 is 1.14 bits per heavy atom. The highest BCUT2D eigenvalue weighted by molar-refractivity contribution is 6.30. The van der Waals surface area contributed by atoms with Crippen molar-refractivity contribution >= 4 is 17.5 Å². The Labute approximate surface area is 169 Å². The van der Waals surface area contributed by atoms with Crippen molar-refractivity contribution in [3.63, 3.8) is 0 Å². The van der Waals surface area contributed by atoms with E-state index in [4.69, 9.17) is 21.1 Å². The fourth-order valence-corrected chi connectivity index (χ4v) is 4.28. The summed E-state index contributed by atoms with van der Waals surface area (Å²) >= 11 is 6.02. The molecule has 5 nitrogen and oxygen atoms in total. The minimum atomic E-state index is -1.23. The Hall–Kier alpha value is -2.24. The molecule has 1 fully saturated rings. The summed E-state index contributed by atoms with van der Waals surface area (Å²) in [4.78, 5) is 13.2. The minimum absolute atomic E-state index is 0.0478. The van der Waals surface area contributed by atoms with Crippen LogP contribution in [0.2, 0.25) is 5.02 Å². The molecule has 1 heterocycles. The van der Waals surface area contributed by atoms with Gasteiger partial charge in [0.2, 0.25) is 12.7 Å². The van der Waals surface area contributed by atoms with Crippen LogP contribution < -0.4 is 14.8 Å². The van der Waals surface area contributed by atoms with E-state index in [0.717, 1.165) is 31.2 Å². The van der Waals surface area contributed by atoms with Gasteiger partial charge in [0.1, 0.15) is 5.60 Å². The van der Waals surface area contributed by atoms with E-state index in [9.17, 15) is 9.90 Å². The van der Waals surface area contributed by atoms with Gasteiger partial charge >= 0.3 is 0 Å². The maximum absolute atomic E-state index is 13.2. The molecule has 2 aliphatic rings. The van der Waals surface area contributed by atoms with E-state index in [1.54, 1.807) is 25.1 Å². The molecule has 0 bridgehead atoms. The summed E-state index contributed by atoms with van der Waals surface area (Å²) in [6.07, 6.45) is 3.61. The van der Waals surface area contributed by atoms with E-state index in [1.807, 2.05) is 24.3 Å². The molecule has 0 unspecified atom stereocenters. The first-order chi connectivity index (χ1) is 13.4. The summed E-state index contributed by atoms with van der Waals surface area (Å²) < 4.78 is 10.7. The van der Waals surface area contributed by atoms with E-state index >= 15 is 0 Å². The van der Waals surface area contributed by atoms with Gasteiger partial charge in [0.05, 0.1) is 12.0 Å². The van der Waals surface area contributed by atoms with Gasteiger partial charge in [-0.15, -0.1) is 0 Å². The molecule has 0 aromatic heterocycles. The maximum atomic E-state index is 13.2. The van der Waals surface area contributed by atoms with Crippen molar-refractivity contribution in [2.24, 2.45) is 0 Å². The lowest BCUT2D eigenvalue weighted by atomic mass is 9.78. The number of carbonyl (C=O) groups excluding carboxylic acids is 1. The third-order valence-electron chi connectivity index (χ3n) is 5.88. The predicted octanol–water partition coefficient (Wildman–Crippen LogP) is 3.90. The number of benzene rings is 2. The highest BCUT2D eigenvalue weighted by atomic mass is 35.5. The lowest BCUT2D eigenvalue weighted by Crippen LogP contribution is -2.47. The Morgan fingerprint density at radius 2 is 1.82 bits per heavy atom. The van der Waals surface area contributed by atoms with Crippen LogP contribution in [0.15, 0.2) is 42.5 Å². The van der Waals surface area contributed by atoms with Crippen molar-refractivity contribution in [2.75, 3.05) is 13.3 Å². The van der Waals surface area contributed by atoms with Gasteiger partial charge in [-0.1, -0.05) is 42.6 Å². The van der Waals surface area contributed by atoms with E-state index in [1.165, 1.54) is 0 Å². The molecule has 1 atom stereocenters. The second kappa shape index (κ2) is 7.30. The van der Waals surface area contributed by atoms with Gasteiger partial charge in [0.25, 0.3) is 0 Å². The van der Waals surface area contributed by atoms with Crippen LogP contribution in [0, 0.1) is 0 Å². The largest absolute Gasteiger partial charge is 0.454 e. The van der Waals surface area contributed by atoms with Crippen LogP contribution in [0.5, 0.6) is 11.5 Å². The van der Waals surface area contributed by atoms with Gasteiger partial charge in [0, 0.05) is 5.02 Å². The van der Waals surface area contributed by atoms with E-state index < -0.39 is 11.0 Å². The molecular formula is C22H24ClNO4. The normalized spacial score (nSPS) is 19.2. The monoisotopic (exact) mass is 401 g/mol. The Bertz CT molecular complexity index is 873. The van der Waals surface area contributed by atoms with E-state index in [2.05, 4.69) is 5.32 Å². The van der Waals surface area contributed by atoms with E-state index in [0.29, 0.717) is 22.1 Å². The molecule has 2 aromatic rings. The standard InChI is InChI=1S/C22H24ClNO4/c1-21(26,16-6-9-18-19(12-16)28-14-27-18)13-24-20(25)22(10-2-3-11-22)15-4-7-17(23)8-5-15/h4-9,12,26H,2-3,10-11,13-14H2,1H3,(H,24,25)/t21-/m1/s1. The fourth-order valence-electron chi connectivity index (χ4n) is 4.15. The van der Waals surface area contributed by atoms with Crippen molar-refractivity contribution in [3.05, 3.63) is 58.6 Å². The first-order valence-electron chi connectivity index (χ1n) is 9.58. The number of carbonyl (C=O) groups is 1. The van der Waals surface area contributed by atoms with Crippen LogP contribution in [0.25, 0.3) is 0 Å². The Morgan fingerprint density at radius 3 is 2.54 bits per heavy atom. The summed E-state index contributed by atoms with van der Waals surface area (Å²) in [5.74, 6) is 1.22. The van der Waals surface area contributed by atoms with Crippen molar-refractivity contribution in [1.82, 2.24) is 5.32 Å². The zero-order valence-corrected chi connectivity index (χ0v) is 16.6. The number of halogens is 1. The zero-order chi connectivity index (χ0) is 19.8. The fraction of sp³-hybridized carbons (Fsp3) is 0.409. The summed E-state index contributed by atoms with van der Waals surface area (Å²) in [7, 11) is 0. The summed E-state index contributed by atoms with van der Waals surface area (Å²) in [5.41, 5.74) is -0.134. The summed E-state index contributed by atoms with van der Waals surface area (Å²) in [6.45, 7) is 1.98. The van der Waals surface area contributed by atoms with Crippen LogP contribution in [0.1, 0.15) is 43.7 Å². The van der Waals surface area contributed by atoms with Crippen LogP contribution in [0.4, 0.5) is 0 Å². The van der Waals surface area contributed by atoms with Crippen molar-refractivity contribution < 1.29 is 19.4 Å². The second-order valence-corrected chi connectivity index (χ2v) is 8.26. The smallest absolute Gasteiger partial charge is 0.231 e. The molecule has 0 spiro atoms. The molecule has 148 valence electrons. The average molecular weight is 402 g/mol. The molecule has 6 heteroatoms. The number of nitrogens with one attached hydrogen (secondary N) is 1. The first kappa shape index (κ1) is 19.1. The molecule has 1 saturated carbocycles. The molecule has 1 amide bonds. The lowest BCUT2D eigenvalue weighted by molar-refractivity contribution is -0.127. The molecule has 0 saturated heterocycles. The summed E-state index contributed by atoms with van der Waals surface area (Å²) in [5, 5.41) is 14.6.